The molecule has 0 atom stereocenters. The van der Waals surface area contributed by atoms with Crippen molar-refractivity contribution < 1.29 is 4.79 Å². The summed E-state index contributed by atoms with van der Waals surface area (Å²) in [4.78, 5) is 11.9. The van der Waals surface area contributed by atoms with E-state index in [-0.39, 0.29) is 5.91 Å². The number of benzene rings is 2. The highest BCUT2D eigenvalue weighted by molar-refractivity contribution is 5.91. The summed E-state index contributed by atoms with van der Waals surface area (Å²) in [6.07, 6.45) is 4.97. The molecule has 0 aliphatic heterocycles. The Bertz CT molecular complexity index is 868. The van der Waals surface area contributed by atoms with E-state index < -0.39 is 0 Å². The van der Waals surface area contributed by atoms with Crippen molar-refractivity contribution in [1.29, 1.82) is 0 Å². The molecule has 126 valence electrons. The summed E-state index contributed by atoms with van der Waals surface area (Å²) in [5.74, 6) is -0.152. The maximum Gasteiger partial charge on any atom is 0.244 e. The first-order valence-corrected chi connectivity index (χ1v) is 8.15. The zero-order valence-corrected chi connectivity index (χ0v) is 14.1. The fourth-order valence-electron chi connectivity index (χ4n) is 2.45. The van der Waals surface area contributed by atoms with Crippen LogP contribution in [-0.4, -0.2) is 20.9 Å². The largest absolute Gasteiger partial charge is 0.348 e. The second kappa shape index (κ2) is 8.06. The smallest absolute Gasteiger partial charge is 0.244 e. The lowest BCUT2D eigenvalue weighted by atomic mass is 10.1. The van der Waals surface area contributed by atoms with Crippen LogP contribution in [0.2, 0.25) is 0 Å². The Morgan fingerprint density at radius 2 is 1.88 bits per heavy atom. The molecule has 0 aliphatic rings. The molecule has 0 radical (unpaired) electrons. The van der Waals surface area contributed by atoms with Crippen molar-refractivity contribution in [3.05, 3.63) is 89.3 Å². The number of amides is 1. The summed E-state index contributed by atoms with van der Waals surface area (Å²) in [5, 5.41) is 11.0. The Kier molecular flexibility index (Phi) is 5.36. The van der Waals surface area contributed by atoms with Gasteiger partial charge in [0.1, 0.15) is 5.69 Å². The van der Waals surface area contributed by atoms with E-state index in [9.17, 15) is 4.79 Å². The van der Waals surface area contributed by atoms with Gasteiger partial charge in [-0.05, 0) is 29.7 Å². The van der Waals surface area contributed by atoms with Gasteiger partial charge in [0, 0.05) is 12.6 Å². The third kappa shape index (κ3) is 4.88. The first-order valence-electron chi connectivity index (χ1n) is 8.15. The highest BCUT2D eigenvalue weighted by atomic mass is 16.1. The van der Waals surface area contributed by atoms with Crippen LogP contribution < -0.4 is 5.32 Å². The molecule has 2 aromatic carbocycles. The number of rotatable bonds is 6. The third-order valence-corrected chi connectivity index (χ3v) is 3.86. The van der Waals surface area contributed by atoms with E-state index in [1.165, 1.54) is 6.08 Å². The molecule has 3 rings (SSSR count). The topological polar surface area (TPSA) is 59.8 Å². The fraction of sp³-hybridized carbons (Fsp3) is 0.150. The molecule has 0 spiro atoms. The van der Waals surface area contributed by atoms with Gasteiger partial charge in [0.2, 0.25) is 5.91 Å². The lowest BCUT2D eigenvalue weighted by Gasteiger charge is -2.05. The van der Waals surface area contributed by atoms with Gasteiger partial charge in [-0.1, -0.05) is 59.8 Å². The number of nitrogens with one attached hydrogen (secondary N) is 1. The Morgan fingerprint density at radius 3 is 2.68 bits per heavy atom. The van der Waals surface area contributed by atoms with E-state index >= 15 is 0 Å². The number of aromatic nitrogens is 3. The van der Waals surface area contributed by atoms with E-state index in [1.807, 2.05) is 67.7 Å². The van der Waals surface area contributed by atoms with Crippen LogP contribution in [0.4, 0.5) is 0 Å². The summed E-state index contributed by atoms with van der Waals surface area (Å²) in [6.45, 7) is 3.19. The summed E-state index contributed by atoms with van der Waals surface area (Å²) in [6, 6.07) is 18.0. The van der Waals surface area contributed by atoms with E-state index in [0.717, 1.165) is 16.7 Å². The van der Waals surface area contributed by atoms with Crippen LogP contribution in [0, 0.1) is 6.92 Å². The summed E-state index contributed by atoms with van der Waals surface area (Å²) < 4.78 is 1.75. The van der Waals surface area contributed by atoms with Gasteiger partial charge in [0.25, 0.3) is 0 Å². The van der Waals surface area contributed by atoms with Crippen molar-refractivity contribution in [3.8, 4) is 0 Å². The molecule has 1 aromatic heterocycles. The minimum absolute atomic E-state index is 0.152. The van der Waals surface area contributed by atoms with E-state index in [1.54, 1.807) is 10.8 Å². The van der Waals surface area contributed by atoms with Crippen LogP contribution in [0.15, 0.2) is 66.9 Å². The first kappa shape index (κ1) is 16.6. The molecule has 0 aliphatic carbocycles. The molecule has 5 heteroatoms. The van der Waals surface area contributed by atoms with Crippen LogP contribution in [0.5, 0.6) is 0 Å². The van der Waals surface area contributed by atoms with Gasteiger partial charge in [-0.2, -0.15) is 0 Å². The lowest BCUT2D eigenvalue weighted by Crippen LogP contribution is -2.20. The number of nitrogens with zero attached hydrogens (tertiary/aromatic N) is 3. The van der Waals surface area contributed by atoms with Crippen LogP contribution in [0.1, 0.15) is 22.4 Å². The Balaban J connectivity index is 1.53. The molecule has 5 nitrogen and oxygen atoms in total. The second-order valence-corrected chi connectivity index (χ2v) is 5.80. The quantitative estimate of drug-likeness (QED) is 0.706. The number of carbonyl (C=O) groups excluding carboxylic acids is 1. The fourth-order valence-corrected chi connectivity index (χ4v) is 2.45. The van der Waals surface area contributed by atoms with Gasteiger partial charge in [0.05, 0.1) is 12.7 Å². The zero-order chi connectivity index (χ0) is 17.5. The minimum Gasteiger partial charge on any atom is -0.348 e. The summed E-state index contributed by atoms with van der Waals surface area (Å²) >= 11 is 0. The first-order chi connectivity index (χ1) is 12.2. The number of hydrogen-bond donors (Lipinski definition) is 1. The molecule has 1 heterocycles. The minimum atomic E-state index is -0.152. The van der Waals surface area contributed by atoms with Crippen molar-refractivity contribution >= 4 is 12.0 Å². The average Bonchev–Trinajstić information content (AvgIpc) is 3.07. The van der Waals surface area contributed by atoms with Gasteiger partial charge in [-0.25, -0.2) is 4.68 Å². The van der Waals surface area contributed by atoms with E-state index in [2.05, 4.69) is 15.6 Å². The van der Waals surface area contributed by atoms with Crippen molar-refractivity contribution in [1.82, 2.24) is 20.3 Å². The molecule has 0 saturated carbocycles. The Morgan fingerprint density at radius 1 is 1.12 bits per heavy atom. The molecule has 0 bridgehead atoms. The monoisotopic (exact) mass is 332 g/mol. The molecule has 1 amide bonds. The van der Waals surface area contributed by atoms with Crippen molar-refractivity contribution in [2.24, 2.45) is 0 Å². The molecule has 0 saturated heterocycles. The number of hydrogen-bond acceptors (Lipinski definition) is 3. The Hall–Kier alpha value is -3.21. The molecular weight excluding hydrogens is 312 g/mol. The Labute approximate surface area is 147 Å². The third-order valence-electron chi connectivity index (χ3n) is 3.86. The number of aryl methyl sites for hydroxylation is 1. The SMILES string of the molecule is Cc1ccccc1CNC(=O)/C=C/c1cn(Cc2ccccc2)nn1. The van der Waals surface area contributed by atoms with Gasteiger partial charge < -0.3 is 5.32 Å². The summed E-state index contributed by atoms with van der Waals surface area (Å²) in [5.41, 5.74) is 4.08. The van der Waals surface area contributed by atoms with Crippen LogP contribution >= 0.6 is 0 Å². The molecule has 0 fully saturated rings. The van der Waals surface area contributed by atoms with Gasteiger partial charge in [0.15, 0.2) is 0 Å². The van der Waals surface area contributed by atoms with E-state index in [4.69, 9.17) is 0 Å². The van der Waals surface area contributed by atoms with Gasteiger partial charge in [-0.15, -0.1) is 5.10 Å². The molecular formula is C20H20N4O. The predicted octanol–water partition coefficient (Wildman–Crippen LogP) is 2.96. The highest BCUT2D eigenvalue weighted by Crippen LogP contribution is 2.06. The van der Waals surface area contributed by atoms with Gasteiger partial charge >= 0.3 is 0 Å². The molecule has 3 aromatic rings. The highest BCUT2D eigenvalue weighted by Gasteiger charge is 2.02. The standard InChI is InChI=1S/C20H20N4O/c1-16-7-5-6-10-18(16)13-21-20(25)12-11-19-15-24(23-22-19)14-17-8-3-2-4-9-17/h2-12,15H,13-14H2,1H3,(H,21,25)/b12-11+. The van der Waals surface area contributed by atoms with Gasteiger partial charge in [-0.3, -0.25) is 4.79 Å². The predicted molar refractivity (Wildman–Crippen MR) is 97.6 cm³/mol. The maximum atomic E-state index is 11.9. The van der Waals surface area contributed by atoms with Crippen molar-refractivity contribution in [2.45, 2.75) is 20.0 Å². The zero-order valence-electron chi connectivity index (χ0n) is 14.1. The van der Waals surface area contributed by atoms with Crippen molar-refractivity contribution in [2.75, 3.05) is 0 Å². The molecule has 1 N–H and O–H groups in total. The lowest BCUT2D eigenvalue weighted by molar-refractivity contribution is -0.116. The average molecular weight is 332 g/mol. The normalized spacial score (nSPS) is 10.9. The van der Waals surface area contributed by atoms with Crippen LogP contribution in [0.25, 0.3) is 6.08 Å². The molecule has 0 unspecified atom stereocenters. The maximum absolute atomic E-state index is 11.9. The van der Waals surface area contributed by atoms with Crippen LogP contribution in [0.3, 0.4) is 0 Å². The summed E-state index contributed by atoms with van der Waals surface area (Å²) in [7, 11) is 0. The van der Waals surface area contributed by atoms with E-state index in [0.29, 0.717) is 18.8 Å². The second-order valence-electron chi connectivity index (χ2n) is 5.80. The van der Waals surface area contributed by atoms with Crippen molar-refractivity contribution in [3.63, 3.8) is 0 Å². The molecule has 25 heavy (non-hydrogen) atoms. The number of carbonyl (C=O) groups is 1. The van der Waals surface area contributed by atoms with Crippen LogP contribution in [-0.2, 0) is 17.9 Å².